The molecule has 2 N–H and O–H groups in total. The van der Waals surface area contributed by atoms with E-state index in [1.165, 1.54) is 24.9 Å². The van der Waals surface area contributed by atoms with Gasteiger partial charge in [-0.25, -0.2) is 9.97 Å². The van der Waals surface area contributed by atoms with Crippen LogP contribution in [0.15, 0.2) is 60.9 Å². The zero-order valence-electron chi connectivity index (χ0n) is 15.2. The van der Waals surface area contributed by atoms with Crippen molar-refractivity contribution in [3.8, 4) is 0 Å². The van der Waals surface area contributed by atoms with Gasteiger partial charge in [-0.15, -0.1) is 0 Å². The fraction of sp³-hybridized carbons (Fsp3) is 0.143. The number of benzene rings is 2. The van der Waals surface area contributed by atoms with E-state index in [2.05, 4.69) is 20.6 Å². The lowest BCUT2D eigenvalue weighted by Crippen LogP contribution is -2.24. The molecule has 136 valence electrons. The minimum absolute atomic E-state index is 0.00895. The van der Waals surface area contributed by atoms with Crippen LogP contribution in [0.5, 0.6) is 0 Å². The zero-order chi connectivity index (χ0) is 19.2. The zero-order valence-corrected chi connectivity index (χ0v) is 15.2. The van der Waals surface area contributed by atoms with E-state index in [0.717, 1.165) is 11.3 Å². The summed E-state index contributed by atoms with van der Waals surface area (Å²) in [5, 5.41) is 5.90. The summed E-state index contributed by atoms with van der Waals surface area (Å²) in [6, 6.07) is 15.1. The Balaban J connectivity index is 1.61. The van der Waals surface area contributed by atoms with Crippen LogP contribution < -0.4 is 10.6 Å². The van der Waals surface area contributed by atoms with E-state index >= 15 is 0 Å². The molecular formula is C21H20N4O2. The van der Waals surface area contributed by atoms with Gasteiger partial charge in [0.15, 0.2) is 5.78 Å². The molecule has 0 atom stereocenters. The Kier molecular flexibility index (Phi) is 5.56. The van der Waals surface area contributed by atoms with E-state index in [1.807, 2.05) is 37.3 Å². The molecule has 0 aliphatic carbocycles. The predicted octanol–water partition coefficient (Wildman–Crippen LogP) is 3.66. The number of carbonyl (C=O) groups excluding carboxylic acids is 2. The Hall–Kier alpha value is -3.54. The second-order valence-electron chi connectivity index (χ2n) is 6.22. The van der Waals surface area contributed by atoms with Crippen LogP contribution in [0.3, 0.4) is 0 Å². The van der Waals surface area contributed by atoms with Gasteiger partial charge in [0.05, 0.1) is 12.4 Å². The first-order valence-electron chi connectivity index (χ1n) is 8.55. The molecule has 0 aliphatic heterocycles. The summed E-state index contributed by atoms with van der Waals surface area (Å²) in [5.74, 6) is 0.198. The molecule has 0 spiro atoms. The molecular weight excluding hydrogens is 340 g/mol. The van der Waals surface area contributed by atoms with E-state index in [-0.39, 0.29) is 17.4 Å². The average Bonchev–Trinajstić information content (AvgIpc) is 2.68. The van der Waals surface area contributed by atoms with Crippen LogP contribution in [0.4, 0.5) is 11.5 Å². The molecule has 1 heterocycles. The first-order valence-corrected chi connectivity index (χ1v) is 8.55. The number of hydrogen-bond donors (Lipinski definition) is 2. The van der Waals surface area contributed by atoms with E-state index in [9.17, 15) is 9.59 Å². The standard InChI is InChI=1S/C21H20N4O2/c1-14-6-8-16(9-7-14)11-24-21(27)19-12-23-20(13-22-19)25-18-5-3-4-17(10-18)15(2)26/h3-10,12-13H,11H2,1-2H3,(H,23,25)(H,24,27). The highest BCUT2D eigenvalue weighted by Crippen LogP contribution is 2.16. The minimum Gasteiger partial charge on any atom is -0.347 e. The molecule has 27 heavy (non-hydrogen) atoms. The lowest BCUT2D eigenvalue weighted by Gasteiger charge is -2.08. The van der Waals surface area contributed by atoms with Crippen molar-refractivity contribution in [3.63, 3.8) is 0 Å². The van der Waals surface area contributed by atoms with Crippen molar-refractivity contribution in [1.82, 2.24) is 15.3 Å². The van der Waals surface area contributed by atoms with Gasteiger partial charge in [-0.05, 0) is 31.5 Å². The number of nitrogens with zero attached hydrogens (tertiary/aromatic N) is 2. The molecule has 3 aromatic rings. The van der Waals surface area contributed by atoms with Crippen molar-refractivity contribution < 1.29 is 9.59 Å². The fourth-order valence-electron chi connectivity index (χ4n) is 2.45. The molecule has 1 aromatic heterocycles. The van der Waals surface area contributed by atoms with E-state index in [0.29, 0.717) is 17.9 Å². The van der Waals surface area contributed by atoms with Crippen molar-refractivity contribution in [1.29, 1.82) is 0 Å². The van der Waals surface area contributed by atoms with Crippen LogP contribution in [0.1, 0.15) is 38.9 Å². The summed E-state index contributed by atoms with van der Waals surface area (Å²) < 4.78 is 0. The average molecular weight is 360 g/mol. The third kappa shape index (κ3) is 4.98. The molecule has 0 fully saturated rings. The van der Waals surface area contributed by atoms with Gasteiger partial charge < -0.3 is 10.6 Å². The van der Waals surface area contributed by atoms with Crippen LogP contribution in [-0.2, 0) is 6.54 Å². The fourth-order valence-corrected chi connectivity index (χ4v) is 2.45. The van der Waals surface area contributed by atoms with Crippen LogP contribution in [0, 0.1) is 6.92 Å². The molecule has 0 bridgehead atoms. The van der Waals surface area contributed by atoms with Crippen LogP contribution in [0.25, 0.3) is 0 Å². The third-order valence-electron chi connectivity index (χ3n) is 4.00. The van der Waals surface area contributed by atoms with E-state index in [1.54, 1.807) is 18.2 Å². The van der Waals surface area contributed by atoms with Gasteiger partial charge in [0, 0.05) is 17.8 Å². The number of ketones is 1. The summed E-state index contributed by atoms with van der Waals surface area (Å²) in [6.45, 7) is 3.96. The Labute approximate surface area is 157 Å². The maximum Gasteiger partial charge on any atom is 0.271 e. The number of carbonyl (C=O) groups is 2. The molecule has 6 nitrogen and oxygen atoms in total. The van der Waals surface area contributed by atoms with Gasteiger partial charge in [0.25, 0.3) is 5.91 Å². The van der Waals surface area contributed by atoms with Gasteiger partial charge in [0.2, 0.25) is 0 Å². The SMILES string of the molecule is CC(=O)c1cccc(Nc2cnc(C(=O)NCc3ccc(C)cc3)cn2)c1. The van der Waals surface area contributed by atoms with E-state index in [4.69, 9.17) is 0 Å². The summed E-state index contributed by atoms with van der Waals surface area (Å²) in [5.41, 5.74) is 3.78. The Bertz CT molecular complexity index is 951. The highest BCUT2D eigenvalue weighted by atomic mass is 16.1. The third-order valence-corrected chi connectivity index (χ3v) is 4.00. The second kappa shape index (κ2) is 8.23. The van der Waals surface area contributed by atoms with Crippen LogP contribution >= 0.6 is 0 Å². The highest BCUT2D eigenvalue weighted by molar-refractivity contribution is 5.95. The maximum atomic E-state index is 12.2. The number of amides is 1. The Morgan fingerprint density at radius 2 is 1.78 bits per heavy atom. The molecule has 3 rings (SSSR count). The van der Waals surface area contributed by atoms with Crippen molar-refractivity contribution in [3.05, 3.63) is 83.3 Å². The Morgan fingerprint density at radius 1 is 1.00 bits per heavy atom. The van der Waals surface area contributed by atoms with Crippen molar-refractivity contribution >= 4 is 23.2 Å². The Morgan fingerprint density at radius 3 is 2.44 bits per heavy atom. The van der Waals surface area contributed by atoms with Crippen molar-refractivity contribution in [2.24, 2.45) is 0 Å². The number of aromatic nitrogens is 2. The van der Waals surface area contributed by atoms with Gasteiger partial charge in [0.1, 0.15) is 11.5 Å². The number of hydrogen-bond acceptors (Lipinski definition) is 5. The van der Waals surface area contributed by atoms with Crippen LogP contribution in [-0.4, -0.2) is 21.7 Å². The predicted molar refractivity (Wildman–Crippen MR) is 104 cm³/mol. The molecule has 0 saturated carbocycles. The highest BCUT2D eigenvalue weighted by Gasteiger charge is 2.08. The molecule has 2 aromatic carbocycles. The van der Waals surface area contributed by atoms with E-state index < -0.39 is 0 Å². The lowest BCUT2D eigenvalue weighted by atomic mass is 10.1. The second-order valence-corrected chi connectivity index (χ2v) is 6.22. The summed E-state index contributed by atoms with van der Waals surface area (Å²) in [4.78, 5) is 32.0. The largest absolute Gasteiger partial charge is 0.347 e. The van der Waals surface area contributed by atoms with Crippen LogP contribution in [0.2, 0.25) is 0 Å². The quantitative estimate of drug-likeness (QED) is 0.656. The first kappa shape index (κ1) is 18.3. The number of nitrogens with one attached hydrogen (secondary N) is 2. The van der Waals surface area contributed by atoms with Gasteiger partial charge in [-0.1, -0.05) is 42.0 Å². The summed E-state index contributed by atoms with van der Waals surface area (Å²) in [7, 11) is 0. The number of rotatable bonds is 6. The minimum atomic E-state index is -0.284. The maximum absolute atomic E-state index is 12.2. The van der Waals surface area contributed by atoms with Crippen molar-refractivity contribution in [2.45, 2.75) is 20.4 Å². The summed E-state index contributed by atoms with van der Waals surface area (Å²) >= 11 is 0. The van der Waals surface area contributed by atoms with Gasteiger partial charge in [-0.3, -0.25) is 9.59 Å². The van der Waals surface area contributed by atoms with Gasteiger partial charge in [-0.2, -0.15) is 0 Å². The molecule has 0 radical (unpaired) electrons. The van der Waals surface area contributed by atoms with Gasteiger partial charge >= 0.3 is 0 Å². The number of aryl methyl sites for hydroxylation is 1. The molecule has 0 saturated heterocycles. The smallest absolute Gasteiger partial charge is 0.271 e. The normalized spacial score (nSPS) is 10.3. The topological polar surface area (TPSA) is 84.0 Å². The molecule has 6 heteroatoms. The molecule has 1 amide bonds. The van der Waals surface area contributed by atoms with Crippen molar-refractivity contribution in [2.75, 3.05) is 5.32 Å². The molecule has 0 aliphatic rings. The lowest BCUT2D eigenvalue weighted by molar-refractivity contribution is 0.0944. The first-order chi connectivity index (χ1) is 13.0. The number of anilines is 2. The molecule has 0 unspecified atom stereocenters. The number of Topliss-reactive ketones (excluding diaryl/α,β-unsaturated/α-hetero) is 1. The monoisotopic (exact) mass is 360 g/mol. The summed E-state index contributed by atoms with van der Waals surface area (Å²) in [6.07, 6.45) is 2.91.